The second kappa shape index (κ2) is 8.40. The molecule has 0 bridgehead atoms. The van der Waals surface area contributed by atoms with Crippen LogP contribution in [-0.4, -0.2) is 15.0 Å². The Morgan fingerprint density at radius 3 is 2.08 bits per heavy atom. The van der Waals surface area contributed by atoms with Crippen LogP contribution in [-0.2, 0) is 0 Å². The van der Waals surface area contributed by atoms with Gasteiger partial charge < -0.3 is 0 Å². The highest BCUT2D eigenvalue weighted by atomic mass is 14.9. The zero-order valence-electron chi connectivity index (χ0n) is 19.5. The largest absolute Gasteiger partial charge is 0.256 e. The summed E-state index contributed by atoms with van der Waals surface area (Å²) in [5.41, 5.74) is 7.33. The van der Waals surface area contributed by atoms with Crippen LogP contribution >= 0.6 is 0 Å². The third kappa shape index (κ3) is 3.41. The summed E-state index contributed by atoms with van der Waals surface area (Å²) >= 11 is 0. The van der Waals surface area contributed by atoms with Crippen molar-refractivity contribution in [2.75, 3.05) is 0 Å². The van der Waals surface area contributed by atoms with Crippen LogP contribution in [0.15, 0.2) is 128 Å². The smallest absolute Gasteiger partial charge is 0.161 e. The second-order valence-corrected chi connectivity index (χ2v) is 8.90. The Morgan fingerprint density at radius 1 is 0.444 bits per heavy atom. The molecule has 3 heteroatoms. The number of aromatic nitrogens is 3. The van der Waals surface area contributed by atoms with Crippen LogP contribution in [0.2, 0.25) is 0 Å². The minimum absolute atomic E-state index is 0.719. The standard InChI is InChI=1S/C33H21N3/c1-2-8-22(9-3-1)23-15-17-25(18-16-23)32-29-11-4-5-14-30(29)35-33(36-32)28-13-6-12-27-26(28)20-19-24-10-7-21-34-31(24)27/h1-21H. The van der Waals surface area contributed by atoms with Crippen LogP contribution in [0.1, 0.15) is 0 Å². The molecule has 7 rings (SSSR count). The molecule has 168 valence electrons. The highest BCUT2D eigenvalue weighted by Crippen LogP contribution is 2.34. The first kappa shape index (κ1) is 20.5. The summed E-state index contributed by atoms with van der Waals surface area (Å²) in [4.78, 5) is 14.8. The molecule has 0 fully saturated rings. The van der Waals surface area contributed by atoms with E-state index in [4.69, 9.17) is 9.97 Å². The van der Waals surface area contributed by atoms with Gasteiger partial charge in [0.15, 0.2) is 5.82 Å². The van der Waals surface area contributed by atoms with Crippen molar-refractivity contribution in [3.63, 3.8) is 0 Å². The van der Waals surface area contributed by atoms with E-state index in [2.05, 4.69) is 102 Å². The summed E-state index contributed by atoms with van der Waals surface area (Å²) in [6, 6.07) is 41.9. The van der Waals surface area contributed by atoms with Crippen molar-refractivity contribution in [2.24, 2.45) is 0 Å². The summed E-state index contributed by atoms with van der Waals surface area (Å²) < 4.78 is 0. The van der Waals surface area contributed by atoms with E-state index in [9.17, 15) is 0 Å². The number of pyridine rings is 1. The van der Waals surface area contributed by atoms with E-state index in [1.807, 2.05) is 30.5 Å². The van der Waals surface area contributed by atoms with Gasteiger partial charge in [-0.15, -0.1) is 0 Å². The van der Waals surface area contributed by atoms with Crippen LogP contribution in [0.4, 0.5) is 0 Å². The van der Waals surface area contributed by atoms with Crippen LogP contribution < -0.4 is 0 Å². The normalized spacial score (nSPS) is 11.3. The predicted molar refractivity (Wildman–Crippen MR) is 149 cm³/mol. The van der Waals surface area contributed by atoms with Crippen molar-refractivity contribution in [1.82, 2.24) is 15.0 Å². The number of nitrogens with zero attached hydrogens (tertiary/aromatic N) is 3. The molecule has 3 nitrogen and oxygen atoms in total. The number of rotatable bonds is 3. The van der Waals surface area contributed by atoms with E-state index < -0.39 is 0 Å². The van der Waals surface area contributed by atoms with E-state index >= 15 is 0 Å². The van der Waals surface area contributed by atoms with Crippen LogP contribution in [0.25, 0.3) is 66.4 Å². The Kier molecular flexibility index (Phi) is 4.78. The fourth-order valence-corrected chi connectivity index (χ4v) is 4.96. The molecule has 0 aliphatic heterocycles. The molecule has 2 aromatic heterocycles. The lowest BCUT2D eigenvalue weighted by molar-refractivity contribution is 1.23. The summed E-state index contributed by atoms with van der Waals surface area (Å²) in [7, 11) is 0. The van der Waals surface area contributed by atoms with Gasteiger partial charge in [0.2, 0.25) is 0 Å². The van der Waals surface area contributed by atoms with Gasteiger partial charge in [0.1, 0.15) is 0 Å². The van der Waals surface area contributed by atoms with Crippen molar-refractivity contribution < 1.29 is 0 Å². The average Bonchev–Trinajstić information content (AvgIpc) is 2.97. The van der Waals surface area contributed by atoms with Gasteiger partial charge in [-0.2, -0.15) is 0 Å². The molecule has 0 aliphatic rings. The minimum Gasteiger partial charge on any atom is -0.256 e. The highest BCUT2D eigenvalue weighted by molar-refractivity contribution is 6.10. The molecule has 0 radical (unpaired) electrons. The van der Waals surface area contributed by atoms with E-state index in [-0.39, 0.29) is 0 Å². The summed E-state index contributed by atoms with van der Waals surface area (Å²) in [5, 5.41) is 4.38. The van der Waals surface area contributed by atoms with Crippen molar-refractivity contribution in [3.05, 3.63) is 128 Å². The lowest BCUT2D eigenvalue weighted by Gasteiger charge is -2.12. The molecule has 7 aromatic rings. The molecule has 0 atom stereocenters. The van der Waals surface area contributed by atoms with Gasteiger partial charge in [-0.05, 0) is 28.6 Å². The molecule has 2 heterocycles. The van der Waals surface area contributed by atoms with Crippen LogP contribution in [0.3, 0.4) is 0 Å². The Bertz CT molecular complexity index is 1870. The molecule has 0 N–H and O–H groups in total. The lowest BCUT2D eigenvalue weighted by atomic mass is 9.99. The Balaban J connectivity index is 1.43. The number of hydrogen-bond acceptors (Lipinski definition) is 3. The maximum atomic E-state index is 5.14. The van der Waals surface area contributed by atoms with Crippen molar-refractivity contribution in [2.45, 2.75) is 0 Å². The quantitative estimate of drug-likeness (QED) is 0.249. The molecule has 0 saturated heterocycles. The number of para-hydroxylation sites is 1. The van der Waals surface area contributed by atoms with E-state index in [1.165, 1.54) is 11.1 Å². The number of benzene rings is 5. The first-order valence-electron chi connectivity index (χ1n) is 12.0. The molecular weight excluding hydrogens is 438 g/mol. The van der Waals surface area contributed by atoms with E-state index in [0.29, 0.717) is 0 Å². The summed E-state index contributed by atoms with van der Waals surface area (Å²) in [6.07, 6.45) is 1.85. The first-order valence-corrected chi connectivity index (χ1v) is 12.0. The SMILES string of the molecule is c1ccc(-c2ccc(-c3nc(-c4cccc5c4ccc4cccnc45)nc4ccccc34)cc2)cc1. The predicted octanol–water partition coefficient (Wildman–Crippen LogP) is 8.33. The number of hydrogen-bond donors (Lipinski definition) is 0. The highest BCUT2D eigenvalue weighted by Gasteiger charge is 2.14. The van der Waals surface area contributed by atoms with E-state index in [1.54, 1.807) is 0 Å². The third-order valence-corrected chi connectivity index (χ3v) is 6.74. The zero-order valence-corrected chi connectivity index (χ0v) is 19.5. The topological polar surface area (TPSA) is 38.7 Å². The van der Waals surface area contributed by atoms with Gasteiger partial charge in [-0.3, -0.25) is 4.98 Å². The van der Waals surface area contributed by atoms with Gasteiger partial charge in [-0.25, -0.2) is 9.97 Å². The molecule has 0 saturated carbocycles. The van der Waals surface area contributed by atoms with Gasteiger partial charge in [0, 0.05) is 33.5 Å². The fraction of sp³-hybridized carbons (Fsp3) is 0. The Hall–Kier alpha value is -4.89. The van der Waals surface area contributed by atoms with Gasteiger partial charge in [0.05, 0.1) is 16.7 Å². The zero-order chi connectivity index (χ0) is 23.9. The molecule has 0 aliphatic carbocycles. The second-order valence-electron chi connectivity index (χ2n) is 8.90. The molecule has 0 spiro atoms. The van der Waals surface area contributed by atoms with Gasteiger partial charge >= 0.3 is 0 Å². The summed E-state index contributed by atoms with van der Waals surface area (Å²) in [5.74, 6) is 0.719. The van der Waals surface area contributed by atoms with Gasteiger partial charge in [0.25, 0.3) is 0 Å². The Labute approximate surface area is 208 Å². The molecule has 0 unspecified atom stereocenters. The van der Waals surface area contributed by atoms with Crippen molar-refractivity contribution in [3.8, 4) is 33.8 Å². The maximum absolute atomic E-state index is 5.14. The van der Waals surface area contributed by atoms with E-state index in [0.717, 1.165) is 55.2 Å². The molecule has 0 amide bonds. The fourth-order valence-electron chi connectivity index (χ4n) is 4.96. The average molecular weight is 460 g/mol. The minimum atomic E-state index is 0.719. The van der Waals surface area contributed by atoms with Crippen molar-refractivity contribution >= 4 is 32.6 Å². The van der Waals surface area contributed by atoms with Crippen molar-refractivity contribution in [1.29, 1.82) is 0 Å². The maximum Gasteiger partial charge on any atom is 0.161 e. The Morgan fingerprint density at radius 2 is 1.19 bits per heavy atom. The molecular formula is C33H21N3. The molecule has 5 aromatic carbocycles. The third-order valence-electron chi connectivity index (χ3n) is 6.74. The van der Waals surface area contributed by atoms with Crippen LogP contribution in [0.5, 0.6) is 0 Å². The lowest BCUT2D eigenvalue weighted by Crippen LogP contribution is -1.96. The molecule has 36 heavy (non-hydrogen) atoms. The monoisotopic (exact) mass is 459 g/mol. The first-order chi connectivity index (χ1) is 17.8. The number of fused-ring (bicyclic) bond motifs is 4. The summed E-state index contributed by atoms with van der Waals surface area (Å²) in [6.45, 7) is 0. The van der Waals surface area contributed by atoms with Crippen LogP contribution in [0, 0.1) is 0 Å². The van der Waals surface area contributed by atoms with Gasteiger partial charge in [-0.1, -0.05) is 109 Å².